The molecule has 1 unspecified atom stereocenters. The molecule has 0 amide bonds. The van der Waals surface area contributed by atoms with Crippen LogP contribution in [0.1, 0.15) is 18.7 Å². The van der Waals surface area contributed by atoms with Crippen LogP contribution in [0, 0.1) is 0 Å². The lowest BCUT2D eigenvalue weighted by Crippen LogP contribution is -1.88. The first-order chi connectivity index (χ1) is 6.20. The second-order valence-corrected chi connectivity index (χ2v) is 3.94. The van der Waals surface area contributed by atoms with Crippen molar-refractivity contribution < 1.29 is 4.39 Å². The van der Waals surface area contributed by atoms with Gasteiger partial charge in [0.25, 0.3) is 0 Å². The van der Waals surface area contributed by atoms with Crippen LogP contribution in [0.3, 0.4) is 0 Å². The van der Waals surface area contributed by atoms with Gasteiger partial charge >= 0.3 is 0 Å². The molecule has 0 fully saturated rings. The number of halogens is 1. The summed E-state index contributed by atoms with van der Waals surface area (Å²) in [5.74, 6) is 0. The molecule has 1 nitrogen and oxygen atoms in total. The van der Waals surface area contributed by atoms with Crippen molar-refractivity contribution in [3.63, 3.8) is 0 Å². The Kier molecular flexibility index (Phi) is 1.96. The fraction of sp³-hybridized carbons (Fsp3) is 0.200. The monoisotopic (exact) mass is 195 g/mol. The molecule has 0 aliphatic heterocycles. The van der Waals surface area contributed by atoms with Crippen molar-refractivity contribution in [3.8, 4) is 0 Å². The quantitative estimate of drug-likeness (QED) is 0.692. The number of rotatable bonds is 1. The zero-order valence-corrected chi connectivity index (χ0v) is 8.07. The molecule has 3 heteroatoms. The van der Waals surface area contributed by atoms with E-state index in [1.54, 1.807) is 6.07 Å². The second kappa shape index (κ2) is 3.00. The molecule has 1 atom stereocenters. The van der Waals surface area contributed by atoms with Gasteiger partial charge in [0.05, 0.1) is 0 Å². The molecule has 13 heavy (non-hydrogen) atoms. The van der Waals surface area contributed by atoms with Gasteiger partial charge in [0.1, 0.15) is 6.17 Å². The van der Waals surface area contributed by atoms with Crippen LogP contribution in [0.15, 0.2) is 23.6 Å². The second-order valence-electron chi connectivity index (χ2n) is 3.03. The Morgan fingerprint density at radius 2 is 2.23 bits per heavy atom. The van der Waals surface area contributed by atoms with Gasteiger partial charge in [0, 0.05) is 21.3 Å². The van der Waals surface area contributed by atoms with E-state index in [1.807, 2.05) is 17.5 Å². The zero-order chi connectivity index (χ0) is 9.42. The third-order valence-electron chi connectivity index (χ3n) is 2.09. The van der Waals surface area contributed by atoms with Crippen LogP contribution in [-0.2, 0) is 0 Å². The Bertz CT molecular complexity index is 433. The highest BCUT2D eigenvalue weighted by Gasteiger charge is 2.11. The number of fused-ring (bicyclic) bond motifs is 1. The number of thiophene rings is 1. The molecule has 68 valence electrons. The molecular formula is C10H10FNS. The third kappa shape index (κ3) is 1.29. The van der Waals surface area contributed by atoms with E-state index in [0.29, 0.717) is 11.3 Å². The molecule has 1 aromatic carbocycles. The lowest BCUT2D eigenvalue weighted by molar-refractivity contribution is 0.377. The summed E-state index contributed by atoms with van der Waals surface area (Å²) < 4.78 is 14.2. The number of nitrogen functional groups attached to an aromatic ring is 1. The van der Waals surface area contributed by atoms with Gasteiger partial charge in [0.15, 0.2) is 0 Å². The standard InChI is InChI=1S/C10H10FNS/c1-6(11)7-5-13-9-4-2-3-8(12)10(7)9/h2-6H,12H2,1H3. The van der Waals surface area contributed by atoms with Crippen LogP contribution in [0.2, 0.25) is 0 Å². The van der Waals surface area contributed by atoms with Crippen molar-refractivity contribution in [1.29, 1.82) is 0 Å². The molecule has 0 bridgehead atoms. The van der Waals surface area contributed by atoms with Crippen molar-refractivity contribution in [2.24, 2.45) is 0 Å². The molecule has 0 aliphatic carbocycles. The van der Waals surface area contributed by atoms with Crippen LogP contribution in [0.25, 0.3) is 10.1 Å². The summed E-state index contributed by atoms with van der Waals surface area (Å²) >= 11 is 1.54. The number of alkyl halides is 1. The Morgan fingerprint density at radius 1 is 1.46 bits per heavy atom. The first-order valence-electron chi connectivity index (χ1n) is 4.10. The minimum absolute atomic E-state index is 0.665. The molecule has 0 saturated heterocycles. The minimum atomic E-state index is -0.946. The average molecular weight is 195 g/mol. The Hall–Kier alpha value is -1.09. The predicted octanol–water partition coefficient (Wildman–Crippen LogP) is 3.51. The van der Waals surface area contributed by atoms with Gasteiger partial charge < -0.3 is 5.73 Å². The number of anilines is 1. The third-order valence-corrected chi connectivity index (χ3v) is 3.05. The summed E-state index contributed by atoms with van der Waals surface area (Å²) in [4.78, 5) is 0. The largest absolute Gasteiger partial charge is 0.398 e. The molecular weight excluding hydrogens is 185 g/mol. The summed E-state index contributed by atoms with van der Waals surface area (Å²) in [6.07, 6.45) is -0.946. The highest BCUT2D eigenvalue weighted by molar-refractivity contribution is 7.17. The molecule has 2 aromatic rings. The van der Waals surface area contributed by atoms with E-state index in [-0.39, 0.29) is 0 Å². The summed E-state index contributed by atoms with van der Waals surface area (Å²) in [5.41, 5.74) is 7.15. The molecule has 1 aromatic heterocycles. The average Bonchev–Trinajstić information content (AvgIpc) is 2.49. The van der Waals surface area contributed by atoms with Gasteiger partial charge in [-0.25, -0.2) is 4.39 Å². The Morgan fingerprint density at radius 3 is 2.92 bits per heavy atom. The van der Waals surface area contributed by atoms with Crippen molar-refractivity contribution in [3.05, 3.63) is 29.1 Å². The lowest BCUT2D eigenvalue weighted by atomic mass is 10.1. The van der Waals surface area contributed by atoms with E-state index >= 15 is 0 Å². The van der Waals surface area contributed by atoms with Gasteiger partial charge in [-0.2, -0.15) is 0 Å². The van der Waals surface area contributed by atoms with Crippen molar-refractivity contribution in [2.75, 3.05) is 5.73 Å². The van der Waals surface area contributed by atoms with E-state index in [1.165, 1.54) is 18.3 Å². The van der Waals surface area contributed by atoms with E-state index < -0.39 is 6.17 Å². The van der Waals surface area contributed by atoms with Crippen molar-refractivity contribution in [1.82, 2.24) is 0 Å². The highest BCUT2D eigenvalue weighted by Crippen LogP contribution is 2.35. The molecule has 1 heterocycles. The Labute approximate surface area is 80.0 Å². The van der Waals surface area contributed by atoms with Gasteiger partial charge in [-0.1, -0.05) is 6.07 Å². The fourth-order valence-electron chi connectivity index (χ4n) is 1.43. The summed E-state index contributed by atoms with van der Waals surface area (Å²) in [6, 6.07) is 5.66. The predicted molar refractivity (Wildman–Crippen MR) is 55.8 cm³/mol. The molecule has 2 rings (SSSR count). The minimum Gasteiger partial charge on any atom is -0.398 e. The maximum absolute atomic E-state index is 13.1. The molecule has 0 aliphatic rings. The topological polar surface area (TPSA) is 26.0 Å². The van der Waals surface area contributed by atoms with Crippen LogP contribution in [-0.4, -0.2) is 0 Å². The highest BCUT2D eigenvalue weighted by atomic mass is 32.1. The van der Waals surface area contributed by atoms with Crippen molar-refractivity contribution >= 4 is 27.1 Å². The van der Waals surface area contributed by atoms with E-state index in [2.05, 4.69) is 0 Å². The maximum Gasteiger partial charge on any atom is 0.124 e. The lowest BCUT2D eigenvalue weighted by Gasteiger charge is -2.01. The summed E-state index contributed by atoms with van der Waals surface area (Å²) in [7, 11) is 0. The molecule has 0 saturated carbocycles. The van der Waals surface area contributed by atoms with E-state index in [9.17, 15) is 4.39 Å². The first kappa shape index (κ1) is 8.51. The first-order valence-corrected chi connectivity index (χ1v) is 4.98. The van der Waals surface area contributed by atoms with E-state index in [4.69, 9.17) is 5.73 Å². The van der Waals surface area contributed by atoms with Gasteiger partial charge in [-0.15, -0.1) is 11.3 Å². The molecule has 0 radical (unpaired) electrons. The number of benzene rings is 1. The smallest absolute Gasteiger partial charge is 0.124 e. The number of nitrogens with two attached hydrogens (primary N) is 1. The fourth-order valence-corrected chi connectivity index (χ4v) is 2.50. The SMILES string of the molecule is CC(F)c1csc2cccc(N)c12. The maximum atomic E-state index is 13.1. The van der Waals surface area contributed by atoms with Gasteiger partial charge in [-0.05, 0) is 24.4 Å². The van der Waals surface area contributed by atoms with Crippen LogP contribution in [0.4, 0.5) is 10.1 Å². The number of hydrogen-bond acceptors (Lipinski definition) is 2. The van der Waals surface area contributed by atoms with Crippen LogP contribution < -0.4 is 5.73 Å². The van der Waals surface area contributed by atoms with Gasteiger partial charge in [-0.3, -0.25) is 0 Å². The molecule has 2 N–H and O–H groups in total. The van der Waals surface area contributed by atoms with Gasteiger partial charge in [0.2, 0.25) is 0 Å². The summed E-state index contributed by atoms with van der Waals surface area (Å²) in [6.45, 7) is 1.54. The van der Waals surface area contributed by atoms with Crippen molar-refractivity contribution in [2.45, 2.75) is 13.1 Å². The molecule has 0 spiro atoms. The Balaban J connectivity index is 2.79. The summed E-state index contributed by atoms with van der Waals surface area (Å²) in [5, 5.41) is 2.72. The van der Waals surface area contributed by atoms with Crippen LogP contribution >= 0.6 is 11.3 Å². The van der Waals surface area contributed by atoms with E-state index in [0.717, 1.165) is 10.1 Å². The zero-order valence-electron chi connectivity index (χ0n) is 7.25. The normalized spacial score (nSPS) is 13.4. The number of hydrogen-bond donors (Lipinski definition) is 1. The van der Waals surface area contributed by atoms with Crippen LogP contribution in [0.5, 0.6) is 0 Å².